The third-order valence-electron chi connectivity index (χ3n) is 5.22. The molecule has 6 heteroatoms. The van der Waals surface area contributed by atoms with Gasteiger partial charge in [0.25, 0.3) is 0 Å². The lowest BCUT2D eigenvalue weighted by molar-refractivity contribution is -0.128. The van der Waals surface area contributed by atoms with E-state index in [1.165, 1.54) is 5.56 Å². The zero-order chi connectivity index (χ0) is 16.8. The second-order valence-corrected chi connectivity index (χ2v) is 6.51. The van der Waals surface area contributed by atoms with Gasteiger partial charge < -0.3 is 9.80 Å². The molecule has 2 aromatic rings. The molecule has 0 saturated carbocycles. The molecule has 0 unspecified atom stereocenters. The molecule has 0 N–H and O–H groups in total. The van der Waals surface area contributed by atoms with Crippen LogP contribution in [0, 0.1) is 5.92 Å². The first-order chi connectivity index (χ1) is 11.6. The van der Waals surface area contributed by atoms with E-state index < -0.39 is 0 Å². The van der Waals surface area contributed by atoms with Gasteiger partial charge >= 0.3 is 0 Å². The number of nitrogens with zero attached hydrogens (tertiary/aromatic N) is 4. The molecule has 0 radical (unpaired) electrons. The number of anilines is 1. The molecule has 2 atom stereocenters. The molecule has 1 aromatic heterocycles. The molecular formula is C18H20N4O2. The largest absolute Gasteiger partial charge is 0.336 e. The van der Waals surface area contributed by atoms with E-state index in [2.05, 4.69) is 11.2 Å². The van der Waals surface area contributed by atoms with Gasteiger partial charge in [-0.1, -0.05) is 18.2 Å². The summed E-state index contributed by atoms with van der Waals surface area (Å²) in [5.74, 6) is -0.333. The summed E-state index contributed by atoms with van der Waals surface area (Å²) in [6.07, 6.45) is 2.83. The van der Waals surface area contributed by atoms with Gasteiger partial charge in [-0.2, -0.15) is 5.10 Å². The number of hydrogen-bond acceptors (Lipinski definition) is 3. The number of hydrogen-bond donors (Lipinski definition) is 0. The average molecular weight is 324 g/mol. The molecule has 1 fully saturated rings. The van der Waals surface area contributed by atoms with Gasteiger partial charge in [0.15, 0.2) is 0 Å². The van der Waals surface area contributed by atoms with Crippen LogP contribution in [0.1, 0.15) is 23.7 Å². The Hall–Kier alpha value is -2.63. The van der Waals surface area contributed by atoms with Gasteiger partial charge in [-0.3, -0.25) is 14.3 Å². The first kappa shape index (κ1) is 14.9. The van der Waals surface area contributed by atoms with E-state index in [-0.39, 0.29) is 30.2 Å². The van der Waals surface area contributed by atoms with Crippen molar-refractivity contribution in [2.24, 2.45) is 13.0 Å². The van der Waals surface area contributed by atoms with Crippen LogP contribution in [0.4, 0.5) is 5.69 Å². The van der Waals surface area contributed by atoms with Crippen LogP contribution in [0.3, 0.4) is 0 Å². The van der Waals surface area contributed by atoms with Crippen molar-refractivity contribution in [3.8, 4) is 0 Å². The smallest absolute Gasteiger partial charge is 0.233 e. The van der Waals surface area contributed by atoms with Crippen molar-refractivity contribution in [1.29, 1.82) is 0 Å². The number of aromatic nitrogens is 2. The molecule has 2 amide bonds. The Kier molecular flexibility index (Phi) is 3.40. The Morgan fingerprint density at radius 3 is 2.75 bits per heavy atom. The van der Waals surface area contributed by atoms with E-state index in [4.69, 9.17) is 0 Å². The van der Waals surface area contributed by atoms with E-state index in [9.17, 15) is 9.59 Å². The van der Waals surface area contributed by atoms with Gasteiger partial charge in [-0.25, -0.2) is 0 Å². The molecular weight excluding hydrogens is 304 g/mol. The van der Waals surface area contributed by atoms with Gasteiger partial charge in [0.05, 0.1) is 17.7 Å². The molecule has 2 aliphatic rings. The Morgan fingerprint density at radius 1 is 1.21 bits per heavy atom. The SMILES string of the molecule is CN1C(=O)C[C@H](C(=O)N2CCc3ccccc32)[C@H]1c1ccnn1C. The Morgan fingerprint density at radius 2 is 2.00 bits per heavy atom. The number of benzene rings is 1. The number of aryl methyl sites for hydroxylation is 1. The monoisotopic (exact) mass is 324 g/mol. The molecule has 0 aliphatic carbocycles. The fourth-order valence-electron chi connectivity index (χ4n) is 3.94. The summed E-state index contributed by atoms with van der Waals surface area (Å²) < 4.78 is 1.75. The lowest BCUT2D eigenvalue weighted by atomic mass is 9.95. The summed E-state index contributed by atoms with van der Waals surface area (Å²) in [4.78, 5) is 29.1. The number of rotatable bonds is 2. The minimum atomic E-state index is -0.371. The zero-order valence-corrected chi connectivity index (χ0v) is 13.8. The molecule has 0 bridgehead atoms. The van der Waals surface area contributed by atoms with Crippen LogP contribution in [0.2, 0.25) is 0 Å². The zero-order valence-electron chi connectivity index (χ0n) is 13.8. The fraction of sp³-hybridized carbons (Fsp3) is 0.389. The van der Waals surface area contributed by atoms with E-state index in [1.807, 2.05) is 36.2 Å². The first-order valence-corrected chi connectivity index (χ1v) is 8.21. The maximum atomic E-state index is 13.2. The topological polar surface area (TPSA) is 58.4 Å². The summed E-state index contributed by atoms with van der Waals surface area (Å²) in [5, 5.41) is 4.20. The lowest BCUT2D eigenvalue weighted by Crippen LogP contribution is -2.38. The van der Waals surface area contributed by atoms with Crippen LogP contribution in [-0.2, 0) is 23.1 Å². The predicted octanol–water partition coefficient (Wildman–Crippen LogP) is 1.53. The summed E-state index contributed by atoms with van der Waals surface area (Å²) in [5.41, 5.74) is 3.07. The van der Waals surface area contributed by atoms with Crippen LogP contribution in [-0.4, -0.2) is 40.1 Å². The van der Waals surface area contributed by atoms with E-state index >= 15 is 0 Å². The quantitative estimate of drug-likeness (QED) is 0.842. The maximum Gasteiger partial charge on any atom is 0.233 e. The summed E-state index contributed by atoms with van der Waals surface area (Å²) in [7, 11) is 3.61. The van der Waals surface area contributed by atoms with Gasteiger partial charge in [-0.15, -0.1) is 0 Å². The number of carbonyl (C=O) groups is 2. The number of carbonyl (C=O) groups excluding carboxylic acids is 2. The Bertz CT molecular complexity index is 813. The molecule has 1 saturated heterocycles. The van der Waals surface area contributed by atoms with E-state index in [1.54, 1.807) is 22.8 Å². The molecule has 4 rings (SSSR count). The molecule has 124 valence electrons. The maximum absolute atomic E-state index is 13.2. The van der Waals surface area contributed by atoms with Crippen molar-refractivity contribution in [3.05, 3.63) is 47.8 Å². The molecule has 3 heterocycles. The highest BCUT2D eigenvalue weighted by molar-refractivity contribution is 6.01. The van der Waals surface area contributed by atoms with E-state index in [0.717, 1.165) is 17.8 Å². The van der Waals surface area contributed by atoms with Gasteiger partial charge in [0.1, 0.15) is 0 Å². The molecule has 0 spiro atoms. The van der Waals surface area contributed by atoms with E-state index in [0.29, 0.717) is 6.54 Å². The van der Waals surface area contributed by atoms with Gasteiger partial charge in [-0.05, 0) is 24.1 Å². The Balaban J connectivity index is 1.69. The number of likely N-dealkylation sites (tertiary alicyclic amines) is 1. The van der Waals surface area contributed by atoms with Crippen molar-refractivity contribution in [2.75, 3.05) is 18.5 Å². The Labute approximate surface area is 140 Å². The predicted molar refractivity (Wildman–Crippen MR) is 89.3 cm³/mol. The third-order valence-corrected chi connectivity index (χ3v) is 5.22. The second kappa shape index (κ2) is 5.47. The lowest BCUT2D eigenvalue weighted by Gasteiger charge is -2.27. The van der Waals surface area contributed by atoms with Crippen LogP contribution in [0.25, 0.3) is 0 Å². The average Bonchev–Trinajstić information content (AvgIpc) is 3.26. The van der Waals surface area contributed by atoms with Crippen LogP contribution in [0.15, 0.2) is 36.5 Å². The summed E-state index contributed by atoms with van der Waals surface area (Å²) >= 11 is 0. The van der Waals surface area contributed by atoms with Crippen LogP contribution >= 0.6 is 0 Å². The standard InChI is InChI=1S/C18H20N4O2/c1-20-16(23)11-13(17(20)15-7-9-19-21(15)2)18(24)22-10-8-12-5-3-4-6-14(12)22/h3-7,9,13,17H,8,10-11H2,1-2H3/t13-,17-/m0/s1. The summed E-state index contributed by atoms with van der Waals surface area (Å²) in [6.45, 7) is 0.685. The van der Waals surface area contributed by atoms with Crippen molar-refractivity contribution < 1.29 is 9.59 Å². The van der Waals surface area contributed by atoms with Gasteiger partial charge in [0.2, 0.25) is 11.8 Å². The van der Waals surface area contributed by atoms with Crippen molar-refractivity contribution in [3.63, 3.8) is 0 Å². The van der Waals surface area contributed by atoms with Crippen LogP contribution < -0.4 is 4.90 Å². The van der Waals surface area contributed by atoms with Crippen molar-refractivity contribution in [2.45, 2.75) is 18.9 Å². The molecule has 6 nitrogen and oxygen atoms in total. The molecule has 2 aliphatic heterocycles. The first-order valence-electron chi connectivity index (χ1n) is 8.21. The summed E-state index contributed by atoms with van der Waals surface area (Å²) in [6, 6.07) is 9.63. The van der Waals surface area contributed by atoms with Crippen molar-refractivity contribution in [1.82, 2.24) is 14.7 Å². The third kappa shape index (κ3) is 2.13. The van der Waals surface area contributed by atoms with Crippen molar-refractivity contribution >= 4 is 17.5 Å². The minimum absolute atomic E-state index is 0.00651. The highest BCUT2D eigenvalue weighted by Gasteiger charge is 2.46. The molecule has 24 heavy (non-hydrogen) atoms. The number of para-hydroxylation sites is 1. The number of fused-ring (bicyclic) bond motifs is 1. The second-order valence-electron chi connectivity index (χ2n) is 6.51. The van der Waals surface area contributed by atoms with Gasteiger partial charge in [0, 0.05) is 38.9 Å². The minimum Gasteiger partial charge on any atom is -0.336 e. The highest BCUT2D eigenvalue weighted by Crippen LogP contribution is 2.40. The highest BCUT2D eigenvalue weighted by atomic mass is 16.2. The normalized spacial score (nSPS) is 23.0. The van der Waals surface area contributed by atoms with Crippen LogP contribution in [0.5, 0.6) is 0 Å². The molecule has 1 aromatic carbocycles. The number of amides is 2. The fourth-order valence-corrected chi connectivity index (χ4v) is 3.94.